The molecule has 0 heterocycles. The van der Waals surface area contributed by atoms with Crippen LogP contribution in [0.5, 0.6) is 0 Å². The number of ketones is 1. The second kappa shape index (κ2) is 11.1. The van der Waals surface area contributed by atoms with Gasteiger partial charge in [0, 0.05) is 12.5 Å². The molecule has 0 aliphatic heterocycles. The zero-order valence-corrected chi connectivity index (χ0v) is 22.3. The Balaban J connectivity index is 0.00000149. The molecular weight excluding hydrogens is 410 g/mol. The number of carbonyl (C=O) groups is 1. The molecule has 4 aliphatic rings. The summed E-state index contributed by atoms with van der Waals surface area (Å²) in [5, 5.41) is 4.03. The van der Waals surface area contributed by atoms with Crippen LogP contribution in [0.1, 0.15) is 99.3 Å². The van der Waals surface area contributed by atoms with E-state index >= 15 is 0 Å². The van der Waals surface area contributed by atoms with Gasteiger partial charge < -0.3 is 15.9 Å². The van der Waals surface area contributed by atoms with Gasteiger partial charge in [-0.05, 0) is 106 Å². The van der Waals surface area contributed by atoms with Gasteiger partial charge in [-0.3, -0.25) is 4.79 Å². The molecule has 33 heavy (non-hydrogen) atoms. The molecule has 5 nitrogen and oxygen atoms in total. The number of hydrogen-bond donors (Lipinski definition) is 2. The molecule has 0 aromatic rings. The molecule has 8 unspecified atom stereocenters. The summed E-state index contributed by atoms with van der Waals surface area (Å²) < 4.78 is 6.19. The number of Topliss-reactive ketones (excluding diaryl/α,β-unsaturated/α-hetero) is 1. The number of nitrogens with zero attached hydrogens (tertiary/aromatic N) is 1. The first kappa shape index (κ1) is 26.5. The fourth-order valence-electron chi connectivity index (χ4n) is 8.73. The molecule has 190 valence electrons. The summed E-state index contributed by atoms with van der Waals surface area (Å²) >= 11 is 0. The van der Waals surface area contributed by atoms with Gasteiger partial charge in [0.25, 0.3) is 0 Å². The number of nitrogens with two attached hydrogens (primary N) is 1. The lowest BCUT2D eigenvalue weighted by molar-refractivity contribution is -0.157. The number of carbonyl (C=O) groups excluding carboxylic acids is 1. The Hall–Kier alpha value is -1.10. The smallest absolute Gasteiger partial charge is 0.157 e. The van der Waals surface area contributed by atoms with Gasteiger partial charge in [-0.25, -0.2) is 0 Å². The molecule has 4 saturated carbocycles. The molecule has 8 atom stereocenters. The maximum atomic E-state index is 13.1. The number of fused-ring (bicyclic) bond motifs is 5. The van der Waals surface area contributed by atoms with E-state index in [1.54, 1.807) is 6.92 Å². The summed E-state index contributed by atoms with van der Waals surface area (Å²) in [4.78, 5) is 13.1. The topological polar surface area (TPSA) is 76.7 Å². The number of hydrogen-bond acceptors (Lipinski definition) is 4. The van der Waals surface area contributed by atoms with Crippen LogP contribution < -0.4 is 11.2 Å². The third-order valence-corrected chi connectivity index (χ3v) is 10.1. The Morgan fingerprint density at radius 1 is 1.09 bits per heavy atom. The highest BCUT2D eigenvalue weighted by Gasteiger charge is 2.62. The maximum Gasteiger partial charge on any atom is 0.157 e. The van der Waals surface area contributed by atoms with Gasteiger partial charge in [0.2, 0.25) is 0 Å². The Morgan fingerprint density at radius 3 is 2.55 bits per heavy atom. The molecule has 0 saturated heterocycles. The van der Waals surface area contributed by atoms with Crippen molar-refractivity contribution in [2.45, 2.75) is 99.3 Å². The predicted octanol–water partition coefficient (Wildman–Crippen LogP) is 5.78. The van der Waals surface area contributed by atoms with E-state index in [4.69, 9.17) is 10.5 Å². The Kier molecular flexibility index (Phi) is 8.91. The highest BCUT2D eigenvalue weighted by atomic mass is 16.5. The van der Waals surface area contributed by atoms with Crippen LogP contribution in [0.4, 0.5) is 0 Å². The van der Waals surface area contributed by atoms with Crippen LogP contribution in [0.3, 0.4) is 0 Å². The van der Waals surface area contributed by atoms with Crippen LogP contribution in [-0.4, -0.2) is 31.4 Å². The summed E-state index contributed by atoms with van der Waals surface area (Å²) in [7, 11) is 0. The molecule has 3 N–H and O–H groups in total. The molecule has 0 aromatic carbocycles. The largest absolute Gasteiger partial charge is 0.386 e. The van der Waals surface area contributed by atoms with Crippen LogP contribution in [0.2, 0.25) is 0 Å². The van der Waals surface area contributed by atoms with E-state index in [-0.39, 0.29) is 11.3 Å². The first-order chi connectivity index (χ1) is 15.8. The number of rotatable bonds is 7. The van der Waals surface area contributed by atoms with Gasteiger partial charge in [-0.15, -0.1) is 0 Å². The highest BCUT2D eigenvalue weighted by Crippen LogP contribution is 2.68. The minimum atomic E-state index is 0.156. The van der Waals surface area contributed by atoms with Gasteiger partial charge >= 0.3 is 0 Å². The number of ether oxygens (including phenoxy) is 1. The van der Waals surface area contributed by atoms with Gasteiger partial charge in [0.05, 0.1) is 13.2 Å². The van der Waals surface area contributed by atoms with E-state index in [1.807, 2.05) is 13.8 Å². The molecule has 4 aliphatic carbocycles. The lowest BCUT2D eigenvalue weighted by atomic mass is 9.44. The number of nitrogens with one attached hydrogen (secondary N) is 1. The van der Waals surface area contributed by atoms with Gasteiger partial charge in [0.15, 0.2) is 5.78 Å². The molecule has 0 bridgehead atoms. The third kappa shape index (κ3) is 4.99. The monoisotopic (exact) mass is 461 g/mol. The van der Waals surface area contributed by atoms with Gasteiger partial charge in [0.1, 0.15) is 5.84 Å². The van der Waals surface area contributed by atoms with Crippen LogP contribution >= 0.6 is 0 Å². The fourth-order valence-corrected chi connectivity index (χ4v) is 8.73. The number of amidine groups is 1. The average Bonchev–Trinajstić information content (AvgIpc) is 3.16. The van der Waals surface area contributed by atoms with Crippen molar-refractivity contribution in [2.24, 2.45) is 57.2 Å². The Labute approximate surface area is 203 Å². The fraction of sp³-hybridized carbons (Fsp3) is 0.929. The van der Waals surface area contributed by atoms with Crippen molar-refractivity contribution in [3.05, 3.63) is 0 Å². The summed E-state index contributed by atoms with van der Waals surface area (Å²) in [6.07, 6.45) is 11.6. The van der Waals surface area contributed by atoms with Crippen LogP contribution in [0.25, 0.3) is 0 Å². The van der Waals surface area contributed by atoms with Gasteiger partial charge in [-0.2, -0.15) is 5.10 Å². The second-order valence-electron chi connectivity index (χ2n) is 11.6. The molecule has 0 amide bonds. The second-order valence-corrected chi connectivity index (χ2v) is 11.6. The lowest BCUT2D eigenvalue weighted by Crippen LogP contribution is -2.56. The van der Waals surface area contributed by atoms with E-state index in [9.17, 15) is 4.79 Å². The molecule has 4 fully saturated rings. The van der Waals surface area contributed by atoms with Crippen molar-refractivity contribution >= 4 is 11.6 Å². The van der Waals surface area contributed by atoms with Crippen molar-refractivity contribution < 1.29 is 9.53 Å². The van der Waals surface area contributed by atoms with E-state index in [2.05, 4.69) is 31.3 Å². The lowest BCUT2D eigenvalue weighted by Gasteiger charge is -2.62. The summed E-state index contributed by atoms with van der Waals surface area (Å²) in [6.45, 7) is 14.9. The average molecular weight is 462 g/mol. The van der Waals surface area contributed by atoms with E-state index in [0.29, 0.717) is 29.5 Å². The molecule has 0 spiro atoms. The van der Waals surface area contributed by atoms with E-state index in [0.717, 1.165) is 43.3 Å². The molecule has 5 heteroatoms. The molecule has 4 rings (SSSR count). The normalized spacial score (nSPS) is 42.3. The van der Waals surface area contributed by atoms with Crippen LogP contribution in [0.15, 0.2) is 5.10 Å². The van der Waals surface area contributed by atoms with Gasteiger partial charge in [-0.1, -0.05) is 34.1 Å². The summed E-state index contributed by atoms with van der Waals surface area (Å²) in [5.74, 6) is 4.95. The van der Waals surface area contributed by atoms with Crippen molar-refractivity contribution in [2.75, 3.05) is 19.8 Å². The minimum absolute atomic E-state index is 0.156. The zero-order valence-electron chi connectivity index (χ0n) is 22.3. The van der Waals surface area contributed by atoms with Crippen molar-refractivity contribution in [1.82, 2.24) is 5.43 Å². The molecule has 0 radical (unpaired) electrons. The first-order valence-electron chi connectivity index (χ1n) is 13.9. The predicted molar refractivity (Wildman–Crippen MR) is 137 cm³/mol. The Bertz CT molecular complexity index is 687. The Morgan fingerprint density at radius 2 is 1.85 bits per heavy atom. The van der Waals surface area contributed by atoms with E-state index in [1.165, 1.54) is 51.4 Å². The van der Waals surface area contributed by atoms with Crippen molar-refractivity contribution in [3.63, 3.8) is 0 Å². The quantitative estimate of drug-likeness (QED) is 0.286. The summed E-state index contributed by atoms with van der Waals surface area (Å²) in [6, 6.07) is 0. The molecule has 0 aromatic heterocycles. The van der Waals surface area contributed by atoms with Crippen molar-refractivity contribution in [3.8, 4) is 0 Å². The maximum absolute atomic E-state index is 13.1. The number of hydrazone groups is 1. The van der Waals surface area contributed by atoms with E-state index < -0.39 is 0 Å². The first-order valence-corrected chi connectivity index (χ1v) is 13.9. The standard InChI is InChI=1S/C26H45N3O2.C2H6/c1-5-31-16-26-13-10-17(2)14-19(26)6-7-20-21-8-9-23(24(30)15-28-29-18(3)27)25(21,4)12-11-22(20)26;1-2/h17,19-23,28H,5-16H2,1-4H3,(H2,27,29);1-2H3. The highest BCUT2D eigenvalue weighted by molar-refractivity contribution is 5.84. The van der Waals surface area contributed by atoms with Crippen LogP contribution in [-0.2, 0) is 9.53 Å². The van der Waals surface area contributed by atoms with Crippen molar-refractivity contribution in [1.29, 1.82) is 0 Å². The summed E-state index contributed by atoms with van der Waals surface area (Å²) in [5.41, 5.74) is 9.06. The van der Waals surface area contributed by atoms with Crippen LogP contribution in [0, 0.1) is 46.3 Å². The zero-order chi connectivity index (χ0) is 24.2. The SMILES string of the molecule is CC.CCOCC12CCC(C)CC1CCC1C3CCC(C(=O)CN/N=C(/C)N)C3(C)CCC12. The minimum Gasteiger partial charge on any atom is -0.386 e. The molecular formula is C28H51N3O2. The third-order valence-electron chi connectivity index (χ3n) is 10.1.